The Morgan fingerprint density at radius 1 is 1.43 bits per heavy atom. The highest BCUT2D eigenvalue weighted by Gasteiger charge is 2.20. The Bertz CT molecular complexity index is 619. The van der Waals surface area contributed by atoms with Gasteiger partial charge in [0.2, 0.25) is 15.9 Å². The fraction of sp³-hybridized carbons (Fsp3) is 0.462. The molecule has 0 radical (unpaired) electrons. The first-order valence-corrected chi connectivity index (χ1v) is 8.37. The van der Waals surface area contributed by atoms with Crippen molar-refractivity contribution in [2.75, 3.05) is 16.3 Å². The molecule has 6 nitrogen and oxygen atoms in total. The molecule has 118 valence electrons. The monoisotopic (exact) mass is 317 g/mol. The minimum Gasteiger partial charge on any atom is -0.325 e. The van der Waals surface area contributed by atoms with E-state index in [-0.39, 0.29) is 17.3 Å². The van der Waals surface area contributed by atoms with E-state index < -0.39 is 27.8 Å². The van der Waals surface area contributed by atoms with Crippen molar-refractivity contribution in [2.45, 2.75) is 26.3 Å². The van der Waals surface area contributed by atoms with Crippen LogP contribution in [0, 0.1) is 11.7 Å². The lowest BCUT2D eigenvalue weighted by molar-refractivity contribution is -0.118. The average molecular weight is 317 g/mol. The predicted molar refractivity (Wildman–Crippen MR) is 80.9 cm³/mol. The molecule has 21 heavy (non-hydrogen) atoms. The second-order valence-corrected chi connectivity index (χ2v) is 6.72. The lowest BCUT2D eigenvalue weighted by Crippen LogP contribution is -2.40. The van der Waals surface area contributed by atoms with Crippen LogP contribution in [0.2, 0.25) is 0 Å². The smallest absolute Gasteiger partial charge is 0.241 e. The molecule has 0 aliphatic heterocycles. The number of carbonyl (C=O) groups excluding carboxylic acids is 1. The number of rotatable bonds is 6. The van der Waals surface area contributed by atoms with Gasteiger partial charge in [0.05, 0.1) is 18.0 Å². The van der Waals surface area contributed by atoms with Crippen molar-refractivity contribution < 1.29 is 17.6 Å². The number of hydrogen-bond acceptors (Lipinski definition) is 4. The molecular weight excluding hydrogens is 297 g/mol. The number of anilines is 2. The zero-order valence-corrected chi connectivity index (χ0v) is 13.0. The summed E-state index contributed by atoms with van der Waals surface area (Å²) >= 11 is 0. The lowest BCUT2D eigenvalue weighted by Gasteiger charge is -2.18. The van der Waals surface area contributed by atoms with Crippen molar-refractivity contribution in [3.8, 4) is 0 Å². The Morgan fingerprint density at radius 3 is 2.57 bits per heavy atom. The fourth-order valence-electron chi connectivity index (χ4n) is 1.62. The van der Waals surface area contributed by atoms with Crippen LogP contribution >= 0.6 is 0 Å². The van der Waals surface area contributed by atoms with E-state index in [9.17, 15) is 17.6 Å². The van der Waals surface area contributed by atoms with Crippen LogP contribution in [-0.2, 0) is 14.8 Å². The van der Waals surface area contributed by atoms with E-state index >= 15 is 0 Å². The first-order chi connectivity index (χ1) is 9.64. The first-order valence-electron chi connectivity index (χ1n) is 6.47. The molecule has 2 atom stereocenters. The summed E-state index contributed by atoms with van der Waals surface area (Å²) in [4.78, 5) is 11.9. The maximum Gasteiger partial charge on any atom is 0.241 e. The summed E-state index contributed by atoms with van der Waals surface area (Å²) in [7, 11) is -3.61. The van der Waals surface area contributed by atoms with Crippen LogP contribution in [0.25, 0.3) is 0 Å². The molecule has 4 N–H and O–H groups in total. The van der Waals surface area contributed by atoms with Gasteiger partial charge >= 0.3 is 0 Å². The topological polar surface area (TPSA) is 101 Å². The molecule has 0 fully saturated rings. The van der Waals surface area contributed by atoms with Crippen molar-refractivity contribution >= 4 is 27.3 Å². The summed E-state index contributed by atoms with van der Waals surface area (Å²) in [5.41, 5.74) is 5.83. The number of amides is 1. The molecule has 0 unspecified atom stereocenters. The third-order valence-electron chi connectivity index (χ3n) is 3.09. The maximum absolute atomic E-state index is 13.5. The summed E-state index contributed by atoms with van der Waals surface area (Å²) < 4.78 is 37.8. The Balaban J connectivity index is 2.90. The second-order valence-electron chi connectivity index (χ2n) is 4.97. The summed E-state index contributed by atoms with van der Waals surface area (Å²) in [5, 5.41) is 2.54. The molecule has 0 aliphatic rings. The number of halogens is 1. The van der Waals surface area contributed by atoms with Crippen molar-refractivity contribution in [1.29, 1.82) is 0 Å². The van der Waals surface area contributed by atoms with Gasteiger partial charge in [-0.1, -0.05) is 20.3 Å². The van der Waals surface area contributed by atoms with Gasteiger partial charge in [-0.05, 0) is 24.1 Å². The molecule has 0 heterocycles. The molecule has 0 aliphatic carbocycles. The zero-order valence-electron chi connectivity index (χ0n) is 12.2. The van der Waals surface area contributed by atoms with Gasteiger partial charge in [-0.3, -0.25) is 9.52 Å². The zero-order chi connectivity index (χ0) is 16.2. The molecule has 1 rings (SSSR count). The lowest BCUT2D eigenvalue weighted by atomic mass is 9.99. The van der Waals surface area contributed by atoms with Crippen LogP contribution in [0.1, 0.15) is 20.3 Å². The first kappa shape index (κ1) is 17.4. The molecular formula is C13H20FN3O3S. The van der Waals surface area contributed by atoms with Crippen LogP contribution in [0.4, 0.5) is 15.8 Å². The van der Waals surface area contributed by atoms with Gasteiger partial charge in [0.1, 0.15) is 5.82 Å². The van der Waals surface area contributed by atoms with Crippen molar-refractivity contribution in [1.82, 2.24) is 0 Å². The Labute approximate surface area is 124 Å². The third-order valence-corrected chi connectivity index (χ3v) is 3.68. The number of benzene rings is 1. The predicted octanol–water partition coefficient (Wildman–Crippen LogP) is 1.51. The van der Waals surface area contributed by atoms with E-state index in [1.807, 2.05) is 18.6 Å². The molecule has 0 saturated heterocycles. The Hall–Kier alpha value is -1.67. The number of hydrogen-bond donors (Lipinski definition) is 3. The molecule has 0 aromatic heterocycles. The van der Waals surface area contributed by atoms with E-state index in [1.54, 1.807) is 0 Å². The van der Waals surface area contributed by atoms with Crippen LogP contribution in [0.3, 0.4) is 0 Å². The van der Waals surface area contributed by atoms with Gasteiger partial charge < -0.3 is 11.1 Å². The molecule has 0 spiro atoms. The van der Waals surface area contributed by atoms with Gasteiger partial charge in [-0.15, -0.1) is 0 Å². The molecule has 1 amide bonds. The molecule has 8 heteroatoms. The standard InChI is InChI=1S/C13H20FN3O3S/c1-4-8(2)12(15)13(18)16-9-5-6-10(14)11(7-9)17-21(3,19)20/h5-8,12,17H,4,15H2,1-3H3,(H,16,18)/t8-,12-/m0/s1. The Kier molecular flexibility index (Phi) is 5.68. The second kappa shape index (κ2) is 6.86. The normalized spacial score (nSPS) is 14.3. The summed E-state index contributed by atoms with van der Waals surface area (Å²) in [6.45, 7) is 3.77. The van der Waals surface area contributed by atoms with Gasteiger partial charge in [0.15, 0.2) is 0 Å². The summed E-state index contributed by atoms with van der Waals surface area (Å²) in [5.74, 6) is -1.13. The molecule has 1 aromatic rings. The highest BCUT2D eigenvalue weighted by atomic mass is 32.2. The number of nitrogens with two attached hydrogens (primary N) is 1. The van der Waals surface area contributed by atoms with Crippen LogP contribution in [-0.4, -0.2) is 26.6 Å². The number of nitrogens with one attached hydrogen (secondary N) is 2. The van der Waals surface area contributed by atoms with Crippen molar-refractivity contribution in [3.63, 3.8) is 0 Å². The summed E-state index contributed by atoms with van der Waals surface area (Å²) in [6, 6.07) is 2.92. The van der Waals surface area contributed by atoms with Gasteiger partial charge in [-0.25, -0.2) is 12.8 Å². The summed E-state index contributed by atoms with van der Waals surface area (Å²) in [6.07, 6.45) is 1.66. The van der Waals surface area contributed by atoms with Gasteiger partial charge in [0, 0.05) is 5.69 Å². The maximum atomic E-state index is 13.5. The van der Waals surface area contributed by atoms with Crippen molar-refractivity contribution in [2.24, 2.45) is 11.7 Å². The minimum atomic E-state index is -3.61. The van der Waals surface area contributed by atoms with E-state index in [4.69, 9.17) is 5.73 Å². The van der Waals surface area contributed by atoms with Gasteiger partial charge in [0.25, 0.3) is 0 Å². The van der Waals surface area contributed by atoms with E-state index in [1.165, 1.54) is 12.1 Å². The van der Waals surface area contributed by atoms with Gasteiger partial charge in [-0.2, -0.15) is 0 Å². The fourth-order valence-corrected chi connectivity index (χ4v) is 2.17. The van der Waals surface area contributed by atoms with E-state index in [0.29, 0.717) is 0 Å². The van der Waals surface area contributed by atoms with Crippen LogP contribution in [0.15, 0.2) is 18.2 Å². The third kappa shape index (κ3) is 5.31. The van der Waals surface area contributed by atoms with E-state index in [2.05, 4.69) is 5.32 Å². The largest absolute Gasteiger partial charge is 0.325 e. The van der Waals surface area contributed by atoms with E-state index in [0.717, 1.165) is 18.7 Å². The average Bonchev–Trinajstić information content (AvgIpc) is 2.39. The SMILES string of the molecule is CC[C@H](C)[C@H](N)C(=O)Nc1ccc(F)c(NS(C)(=O)=O)c1. The minimum absolute atomic E-state index is 0.000867. The van der Waals surface area contributed by atoms with Crippen LogP contribution in [0.5, 0.6) is 0 Å². The van der Waals surface area contributed by atoms with Crippen LogP contribution < -0.4 is 15.8 Å². The molecule has 0 saturated carbocycles. The van der Waals surface area contributed by atoms with Crippen molar-refractivity contribution in [3.05, 3.63) is 24.0 Å². The molecule has 1 aromatic carbocycles. The number of sulfonamides is 1. The highest BCUT2D eigenvalue weighted by Crippen LogP contribution is 2.21. The number of carbonyl (C=O) groups is 1. The highest BCUT2D eigenvalue weighted by molar-refractivity contribution is 7.92. The Morgan fingerprint density at radius 2 is 2.05 bits per heavy atom. The molecule has 0 bridgehead atoms. The quantitative estimate of drug-likeness (QED) is 0.740.